The summed E-state index contributed by atoms with van der Waals surface area (Å²) in [4.78, 5) is 14.9. The highest BCUT2D eigenvalue weighted by Gasteiger charge is 2.42. The van der Waals surface area contributed by atoms with Crippen LogP contribution in [0.15, 0.2) is 43.0 Å². The lowest BCUT2D eigenvalue weighted by Gasteiger charge is -2.39. The summed E-state index contributed by atoms with van der Waals surface area (Å²) >= 11 is 0. The monoisotopic (exact) mass is 326 g/mol. The first-order valence-electron chi connectivity index (χ1n) is 8.54. The summed E-state index contributed by atoms with van der Waals surface area (Å²) < 4.78 is 11.9. The van der Waals surface area contributed by atoms with E-state index in [-0.39, 0.29) is 6.10 Å². The number of nitrogens with zero attached hydrogens (tertiary/aromatic N) is 4. The van der Waals surface area contributed by atoms with Crippen molar-refractivity contribution in [3.05, 3.63) is 48.5 Å². The normalized spacial score (nSPS) is 26.9. The van der Waals surface area contributed by atoms with E-state index in [1.807, 2.05) is 12.4 Å². The van der Waals surface area contributed by atoms with Crippen LogP contribution in [-0.2, 0) is 11.3 Å². The SMILES string of the molecule is c1cnc(OCC2CCC3C2OCCN3Cc2ccncc2)nc1. The van der Waals surface area contributed by atoms with Gasteiger partial charge in [-0.2, -0.15) is 0 Å². The van der Waals surface area contributed by atoms with Crippen molar-refractivity contribution in [1.29, 1.82) is 0 Å². The van der Waals surface area contributed by atoms with Gasteiger partial charge in [0.05, 0.1) is 19.3 Å². The Hall–Kier alpha value is -2.05. The molecule has 0 N–H and O–H groups in total. The van der Waals surface area contributed by atoms with E-state index in [2.05, 4.69) is 32.0 Å². The summed E-state index contributed by atoms with van der Waals surface area (Å²) in [6.45, 7) is 3.35. The Morgan fingerprint density at radius 1 is 1.12 bits per heavy atom. The van der Waals surface area contributed by atoms with Gasteiger partial charge in [-0.25, -0.2) is 9.97 Å². The lowest BCUT2D eigenvalue weighted by molar-refractivity contribution is -0.0819. The highest BCUT2D eigenvalue weighted by molar-refractivity contribution is 5.10. The molecular weight excluding hydrogens is 304 g/mol. The van der Waals surface area contributed by atoms with Gasteiger partial charge in [0.1, 0.15) is 0 Å². The van der Waals surface area contributed by atoms with Crippen molar-refractivity contribution >= 4 is 0 Å². The molecule has 2 aromatic rings. The second-order valence-corrected chi connectivity index (χ2v) is 6.41. The molecule has 1 aliphatic heterocycles. The zero-order chi connectivity index (χ0) is 16.2. The number of morpholine rings is 1. The van der Waals surface area contributed by atoms with Crippen molar-refractivity contribution in [2.24, 2.45) is 5.92 Å². The molecule has 0 amide bonds. The Kier molecular flexibility index (Phi) is 4.66. The van der Waals surface area contributed by atoms with Crippen LogP contribution in [0.4, 0.5) is 0 Å². The Balaban J connectivity index is 1.37. The van der Waals surface area contributed by atoms with E-state index < -0.39 is 0 Å². The third-order valence-electron chi connectivity index (χ3n) is 4.94. The number of pyridine rings is 1. The molecule has 1 aliphatic carbocycles. The second kappa shape index (κ2) is 7.23. The van der Waals surface area contributed by atoms with Crippen LogP contribution in [-0.4, -0.2) is 51.8 Å². The van der Waals surface area contributed by atoms with Crippen LogP contribution >= 0.6 is 0 Å². The van der Waals surface area contributed by atoms with Crippen LogP contribution < -0.4 is 4.74 Å². The Morgan fingerprint density at radius 3 is 2.79 bits per heavy atom. The van der Waals surface area contributed by atoms with Gasteiger partial charge in [0.25, 0.3) is 0 Å². The number of aromatic nitrogens is 3. The molecule has 3 unspecified atom stereocenters. The minimum atomic E-state index is 0.240. The fraction of sp³-hybridized carbons (Fsp3) is 0.500. The molecule has 0 aromatic carbocycles. The van der Waals surface area contributed by atoms with E-state index in [0.29, 0.717) is 24.6 Å². The van der Waals surface area contributed by atoms with E-state index in [4.69, 9.17) is 9.47 Å². The lowest BCUT2D eigenvalue weighted by Crippen LogP contribution is -2.50. The van der Waals surface area contributed by atoms with Gasteiger partial charge in [0, 0.05) is 49.8 Å². The van der Waals surface area contributed by atoms with Crippen LogP contribution in [0.2, 0.25) is 0 Å². The van der Waals surface area contributed by atoms with Gasteiger partial charge >= 0.3 is 6.01 Å². The number of fused-ring (bicyclic) bond motifs is 1. The van der Waals surface area contributed by atoms with Crippen molar-refractivity contribution in [1.82, 2.24) is 19.9 Å². The fourth-order valence-electron chi connectivity index (χ4n) is 3.78. The number of rotatable bonds is 5. The first-order chi connectivity index (χ1) is 11.9. The molecule has 3 heterocycles. The van der Waals surface area contributed by atoms with Gasteiger partial charge in [-0.15, -0.1) is 0 Å². The summed E-state index contributed by atoms with van der Waals surface area (Å²) in [7, 11) is 0. The third kappa shape index (κ3) is 3.39. The van der Waals surface area contributed by atoms with Gasteiger partial charge in [-0.05, 0) is 36.6 Å². The second-order valence-electron chi connectivity index (χ2n) is 6.41. The molecule has 0 spiro atoms. The van der Waals surface area contributed by atoms with Crippen LogP contribution in [0, 0.1) is 5.92 Å². The number of ether oxygens (including phenoxy) is 2. The number of hydrogen-bond donors (Lipinski definition) is 0. The van der Waals surface area contributed by atoms with Crippen LogP contribution in [0.3, 0.4) is 0 Å². The Morgan fingerprint density at radius 2 is 1.96 bits per heavy atom. The topological polar surface area (TPSA) is 60.4 Å². The minimum absolute atomic E-state index is 0.240. The number of hydrogen-bond acceptors (Lipinski definition) is 6. The highest BCUT2D eigenvalue weighted by Crippen LogP contribution is 2.35. The van der Waals surface area contributed by atoms with Crippen LogP contribution in [0.5, 0.6) is 6.01 Å². The van der Waals surface area contributed by atoms with Crippen molar-refractivity contribution in [2.75, 3.05) is 19.8 Å². The van der Waals surface area contributed by atoms with Crippen molar-refractivity contribution < 1.29 is 9.47 Å². The molecule has 1 saturated carbocycles. The molecule has 24 heavy (non-hydrogen) atoms. The standard InChI is InChI=1S/C18H22N4O2/c1-6-20-18(21-7-1)24-13-15-2-3-16-17(15)23-11-10-22(16)12-14-4-8-19-9-5-14/h1,4-9,15-17H,2-3,10-13H2. The molecule has 126 valence electrons. The highest BCUT2D eigenvalue weighted by atomic mass is 16.5. The van der Waals surface area contributed by atoms with E-state index in [1.54, 1.807) is 18.5 Å². The maximum atomic E-state index is 6.10. The van der Waals surface area contributed by atoms with Gasteiger partial charge < -0.3 is 9.47 Å². The molecule has 0 bridgehead atoms. The molecule has 1 saturated heterocycles. The van der Waals surface area contributed by atoms with E-state index in [0.717, 1.165) is 32.5 Å². The Bertz CT molecular complexity index is 640. The molecule has 3 atom stereocenters. The molecule has 2 aromatic heterocycles. The smallest absolute Gasteiger partial charge is 0.316 e. The van der Waals surface area contributed by atoms with Gasteiger partial charge in [0.2, 0.25) is 0 Å². The van der Waals surface area contributed by atoms with E-state index >= 15 is 0 Å². The Labute approximate surface area is 141 Å². The average molecular weight is 326 g/mol. The molecule has 4 rings (SSSR count). The summed E-state index contributed by atoms with van der Waals surface area (Å²) in [5, 5.41) is 0. The first-order valence-corrected chi connectivity index (χ1v) is 8.54. The maximum absolute atomic E-state index is 6.10. The minimum Gasteiger partial charge on any atom is -0.463 e. The largest absolute Gasteiger partial charge is 0.463 e. The van der Waals surface area contributed by atoms with Crippen LogP contribution in [0.25, 0.3) is 0 Å². The molecule has 2 aliphatic rings. The van der Waals surface area contributed by atoms with Crippen molar-refractivity contribution in [3.63, 3.8) is 0 Å². The predicted molar refractivity (Wildman–Crippen MR) is 88.4 cm³/mol. The van der Waals surface area contributed by atoms with Crippen LogP contribution in [0.1, 0.15) is 18.4 Å². The van der Waals surface area contributed by atoms with Crippen molar-refractivity contribution in [2.45, 2.75) is 31.5 Å². The summed E-state index contributed by atoms with van der Waals surface area (Å²) in [6, 6.07) is 6.89. The van der Waals surface area contributed by atoms with Crippen molar-refractivity contribution in [3.8, 4) is 6.01 Å². The molecule has 0 radical (unpaired) electrons. The zero-order valence-electron chi connectivity index (χ0n) is 13.6. The molecule has 6 nitrogen and oxygen atoms in total. The van der Waals surface area contributed by atoms with E-state index in [1.165, 1.54) is 5.56 Å². The molecular formula is C18H22N4O2. The average Bonchev–Trinajstić information content (AvgIpc) is 3.06. The zero-order valence-corrected chi connectivity index (χ0v) is 13.6. The first kappa shape index (κ1) is 15.5. The fourth-order valence-corrected chi connectivity index (χ4v) is 3.78. The van der Waals surface area contributed by atoms with Gasteiger partial charge in [0.15, 0.2) is 0 Å². The summed E-state index contributed by atoms with van der Waals surface area (Å²) in [5.41, 5.74) is 1.31. The molecule has 6 heteroatoms. The maximum Gasteiger partial charge on any atom is 0.316 e. The van der Waals surface area contributed by atoms with E-state index in [9.17, 15) is 0 Å². The molecule has 2 fully saturated rings. The lowest BCUT2D eigenvalue weighted by atomic mass is 10.0. The van der Waals surface area contributed by atoms with Gasteiger partial charge in [-0.1, -0.05) is 0 Å². The summed E-state index contributed by atoms with van der Waals surface area (Å²) in [6.07, 6.45) is 9.63. The van der Waals surface area contributed by atoms with Gasteiger partial charge in [-0.3, -0.25) is 9.88 Å². The summed E-state index contributed by atoms with van der Waals surface area (Å²) in [5.74, 6) is 0.402. The predicted octanol–water partition coefficient (Wildman–Crippen LogP) is 1.93. The third-order valence-corrected chi connectivity index (χ3v) is 4.94. The quantitative estimate of drug-likeness (QED) is 0.837.